The van der Waals surface area contributed by atoms with E-state index in [9.17, 15) is 4.79 Å². The van der Waals surface area contributed by atoms with Gasteiger partial charge >= 0.3 is 0 Å². The molecule has 0 bridgehead atoms. The van der Waals surface area contributed by atoms with Crippen molar-refractivity contribution in [1.29, 1.82) is 0 Å². The molecular weight excluding hydrogens is 364 g/mol. The molecule has 2 aromatic carbocycles. The largest absolute Gasteiger partial charge is 0.342 e. The van der Waals surface area contributed by atoms with Crippen LogP contribution in [0, 0.1) is 5.92 Å². The molecule has 1 amide bonds. The van der Waals surface area contributed by atoms with Crippen LogP contribution in [0.5, 0.6) is 0 Å². The van der Waals surface area contributed by atoms with Crippen LogP contribution in [-0.2, 0) is 11.2 Å². The van der Waals surface area contributed by atoms with Gasteiger partial charge in [-0.3, -0.25) is 4.79 Å². The van der Waals surface area contributed by atoms with E-state index in [-0.39, 0.29) is 5.91 Å². The molecule has 1 aliphatic rings. The van der Waals surface area contributed by atoms with Gasteiger partial charge in [-0.1, -0.05) is 64.5 Å². The molecule has 2 atom stereocenters. The normalized spacial score (nSPS) is 20.3. The van der Waals surface area contributed by atoms with Crippen molar-refractivity contribution in [3.05, 3.63) is 70.2 Å². The lowest BCUT2D eigenvalue weighted by Gasteiger charge is -2.17. The van der Waals surface area contributed by atoms with Gasteiger partial charge in [0.2, 0.25) is 5.91 Å². The second-order valence-corrected chi connectivity index (χ2v) is 7.26. The van der Waals surface area contributed by atoms with Gasteiger partial charge in [-0.2, -0.15) is 0 Å². The van der Waals surface area contributed by atoms with Gasteiger partial charge in [0.1, 0.15) is 0 Å². The van der Waals surface area contributed by atoms with Gasteiger partial charge in [0, 0.05) is 29.9 Å². The molecule has 1 heterocycles. The Morgan fingerprint density at radius 3 is 2.50 bits per heavy atom. The number of benzene rings is 2. The van der Waals surface area contributed by atoms with Crippen LogP contribution >= 0.6 is 15.9 Å². The molecule has 0 aromatic heterocycles. The quantitative estimate of drug-likeness (QED) is 0.853. The highest BCUT2D eigenvalue weighted by molar-refractivity contribution is 9.10. The van der Waals surface area contributed by atoms with E-state index in [1.54, 1.807) is 0 Å². The standard InChI is InChI=1S/C20H23BrN2O/c21-19-9-5-4-8-16(19)10-11-20(24)23-13-17(12-22)18(14-23)15-6-2-1-3-7-15/h1-9,17-18H,10-14,22H2/t17-,18+/m1/s1. The summed E-state index contributed by atoms with van der Waals surface area (Å²) < 4.78 is 1.07. The Balaban J connectivity index is 1.63. The maximum absolute atomic E-state index is 12.6. The molecule has 0 unspecified atom stereocenters. The Bertz CT molecular complexity index is 689. The molecule has 4 heteroatoms. The van der Waals surface area contributed by atoms with Crippen LogP contribution in [0.4, 0.5) is 0 Å². The van der Waals surface area contributed by atoms with Crippen LogP contribution in [0.25, 0.3) is 0 Å². The first-order chi connectivity index (χ1) is 11.7. The molecule has 0 spiro atoms. The summed E-state index contributed by atoms with van der Waals surface area (Å²) in [4.78, 5) is 14.6. The lowest BCUT2D eigenvalue weighted by molar-refractivity contribution is -0.130. The molecule has 24 heavy (non-hydrogen) atoms. The average molecular weight is 387 g/mol. The van der Waals surface area contributed by atoms with E-state index in [2.05, 4.69) is 46.3 Å². The number of amides is 1. The molecule has 0 radical (unpaired) electrons. The fraction of sp³-hybridized carbons (Fsp3) is 0.350. The van der Waals surface area contributed by atoms with Crippen LogP contribution in [0.15, 0.2) is 59.1 Å². The number of nitrogens with zero attached hydrogens (tertiary/aromatic N) is 1. The topological polar surface area (TPSA) is 46.3 Å². The second kappa shape index (κ2) is 7.95. The maximum atomic E-state index is 12.6. The highest BCUT2D eigenvalue weighted by atomic mass is 79.9. The average Bonchev–Trinajstić information content (AvgIpc) is 3.06. The zero-order chi connectivity index (χ0) is 16.9. The molecule has 1 aliphatic heterocycles. The Morgan fingerprint density at radius 1 is 1.08 bits per heavy atom. The summed E-state index contributed by atoms with van der Waals surface area (Å²) in [5.74, 6) is 0.922. The minimum absolute atomic E-state index is 0.225. The van der Waals surface area contributed by atoms with Crippen LogP contribution in [-0.4, -0.2) is 30.4 Å². The van der Waals surface area contributed by atoms with Crippen molar-refractivity contribution in [3.63, 3.8) is 0 Å². The van der Waals surface area contributed by atoms with Gasteiger partial charge < -0.3 is 10.6 Å². The minimum atomic E-state index is 0.225. The summed E-state index contributed by atoms with van der Waals surface area (Å²) in [5.41, 5.74) is 8.43. The van der Waals surface area contributed by atoms with Crippen molar-refractivity contribution >= 4 is 21.8 Å². The zero-order valence-electron chi connectivity index (χ0n) is 13.7. The second-order valence-electron chi connectivity index (χ2n) is 6.40. The summed E-state index contributed by atoms with van der Waals surface area (Å²) >= 11 is 3.55. The van der Waals surface area contributed by atoms with Gasteiger partial charge in [-0.25, -0.2) is 0 Å². The number of carbonyl (C=O) groups is 1. The van der Waals surface area contributed by atoms with Gasteiger partial charge in [0.05, 0.1) is 0 Å². The van der Waals surface area contributed by atoms with Crippen molar-refractivity contribution in [2.24, 2.45) is 11.7 Å². The summed E-state index contributed by atoms with van der Waals surface area (Å²) in [6.07, 6.45) is 1.31. The van der Waals surface area contributed by atoms with Crippen LogP contribution in [0.1, 0.15) is 23.5 Å². The molecule has 126 valence electrons. The monoisotopic (exact) mass is 386 g/mol. The third-order valence-corrected chi connectivity index (χ3v) is 5.66. The molecular formula is C20H23BrN2O. The number of hydrogen-bond acceptors (Lipinski definition) is 2. The number of hydrogen-bond donors (Lipinski definition) is 1. The summed E-state index contributed by atoms with van der Waals surface area (Å²) in [7, 11) is 0. The van der Waals surface area contributed by atoms with Crippen molar-refractivity contribution in [2.75, 3.05) is 19.6 Å². The first-order valence-corrected chi connectivity index (χ1v) is 9.24. The van der Waals surface area contributed by atoms with E-state index in [4.69, 9.17) is 5.73 Å². The molecule has 2 aromatic rings. The molecule has 0 saturated carbocycles. The first-order valence-electron chi connectivity index (χ1n) is 8.45. The van der Waals surface area contributed by atoms with Crippen molar-refractivity contribution in [1.82, 2.24) is 4.90 Å². The lowest BCUT2D eigenvalue weighted by atomic mass is 9.89. The van der Waals surface area contributed by atoms with Gasteiger partial charge in [0.25, 0.3) is 0 Å². The van der Waals surface area contributed by atoms with E-state index in [0.717, 1.165) is 24.0 Å². The Hall–Kier alpha value is -1.65. The number of rotatable bonds is 5. The maximum Gasteiger partial charge on any atom is 0.222 e. The third-order valence-electron chi connectivity index (χ3n) is 4.89. The zero-order valence-corrected chi connectivity index (χ0v) is 15.3. The smallest absolute Gasteiger partial charge is 0.222 e. The minimum Gasteiger partial charge on any atom is -0.342 e. The molecule has 1 fully saturated rings. The predicted molar refractivity (Wildman–Crippen MR) is 101 cm³/mol. The van der Waals surface area contributed by atoms with E-state index >= 15 is 0 Å². The van der Waals surface area contributed by atoms with E-state index in [1.807, 2.05) is 29.2 Å². The van der Waals surface area contributed by atoms with Crippen LogP contribution in [0.3, 0.4) is 0 Å². The highest BCUT2D eigenvalue weighted by Crippen LogP contribution is 2.32. The molecule has 3 rings (SSSR count). The van der Waals surface area contributed by atoms with E-state index in [1.165, 1.54) is 11.1 Å². The first kappa shape index (κ1) is 17.2. The highest BCUT2D eigenvalue weighted by Gasteiger charge is 2.34. The number of halogens is 1. The Kier molecular flexibility index (Phi) is 5.69. The van der Waals surface area contributed by atoms with Crippen molar-refractivity contribution in [2.45, 2.75) is 18.8 Å². The molecule has 0 aliphatic carbocycles. The summed E-state index contributed by atoms with van der Waals surface area (Å²) in [6.45, 7) is 2.17. The van der Waals surface area contributed by atoms with E-state index in [0.29, 0.717) is 24.8 Å². The van der Waals surface area contributed by atoms with Crippen molar-refractivity contribution in [3.8, 4) is 0 Å². The summed E-state index contributed by atoms with van der Waals surface area (Å²) in [5, 5.41) is 0. The SMILES string of the molecule is NC[C@@H]1CN(C(=O)CCc2ccccc2Br)C[C@H]1c1ccccc1. The third kappa shape index (κ3) is 3.87. The number of carbonyl (C=O) groups excluding carboxylic acids is 1. The van der Waals surface area contributed by atoms with E-state index < -0.39 is 0 Å². The Labute approximate surface area is 152 Å². The molecule has 1 saturated heterocycles. The van der Waals surface area contributed by atoms with Gasteiger partial charge in [-0.05, 0) is 36.1 Å². The predicted octanol–water partition coefficient (Wildman–Crippen LogP) is 3.58. The fourth-order valence-electron chi connectivity index (χ4n) is 3.49. The van der Waals surface area contributed by atoms with Crippen molar-refractivity contribution < 1.29 is 4.79 Å². The van der Waals surface area contributed by atoms with Gasteiger partial charge in [-0.15, -0.1) is 0 Å². The fourth-order valence-corrected chi connectivity index (χ4v) is 3.98. The summed E-state index contributed by atoms with van der Waals surface area (Å²) in [6, 6.07) is 18.5. The van der Waals surface area contributed by atoms with Gasteiger partial charge in [0.15, 0.2) is 0 Å². The Morgan fingerprint density at radius 2 is 1.79 bits per heavy atom. The van der Waals surface area contributed by atoms with Crippen LogP contribution in [0.2, 0.25) is 0 Å². The molecule has 2 N–H and O–H groups in total. The number of nitrogens with two attached hydrogens (primary N) is 1. The van der Waals surface area contributed by atoms with Crippen LogP contribution < -0.4 is 5.73 Å². The number of likely N-dealkylation sites (tertiary alicyclic amines) is 1. The number of aryl methyl sites for hydroxylation is 1. The lowest BCUT2D eigenvalue weighted by Crippen LogP contribution is -2.30. The molecule has 3 nitrogen and oxygen atoms in total.